The third kappa shape index (κ3) is 3.48. The molecule has 136 valence electrons. The number of carbonyl (C=O) groups excluding carboxylic acids is 1. The predicted molar refractivity (Wildman–Crippen MR) is 92.7 cm³/mol. The van der Waals surface area contributed by atoms with Gasteiger partial charge in [0.2, 0.25) is 5.91 Å². The lowest BCUT2D eigenvalue weighted by Crippen LogP contribution is -2.45. The Morgan fingerprint density at radius 3 is 2.77 bits per heavy atom. The number of amides is 1. The monoisotopic (exact) mass is 356 g/mol. The van der Waals surface area contributed by atoms with Crippen LogP contribution in [0.15, 0.2) is 48.8 Å². The van der Waals surface area contributed by atoms with E-state index in [1.165, 1.54) is 12.1 Å². The van der Waals surface area contributed by atoms with Crippen LogP contribution in [0.25, 0.3) is 0 Å². The first kappa shape index (κ1) is 17.1. The molecule has 1 aromatic carbocycles. The van der Waals surface area contributed by atoms with Crippen LogP contribution in [0.4, 0.5) is 4.39 Å². The molecule has 5 nitrogen and oxygen atoms in total. The van der Waals surface area contributed by atoms with Crippen LogP contribution in [-0.2, 0) is 14.3 Å². The molecular formula is C20H21FN2O3. The molecule has 1 amide bonds. The highest BCUT2D eigenvalue weighted by Gasteiger charge is 2.39. The van der Waals surface area contributed by atoms with Crippen LogP contribution in [0.1, 0.15) is 29.8 Å². The third-order valence-electron chi connectivity index (χ3n) is 5.04. The van der Waals surface area contributed by atoms with E-state index in [2.05, 4.69) is 4.98 Å². The van der Waals surface area contributed by atoms with Crippen molar-refractivity contribution in [2.24, 2.45) is 5.92 Å². The zero-order valence-corrected chi connectivity index (χ0v) is 14.4. The molecule has 4 rings (SSSR count). The Hall–Kier alpha value is -2.31. The van der Waals surface area contributed by atoms with E-state index in [1.54, 1.807) is 18.5 Å². The van der Waals surface area contributed by atoms with E-state index in [-0.39, 0.29) is 29.9 Å². The van der Waals surface area contributed by atoms with E-state index in [1.807, 2.05) is 23.1 Å². The van der Waals surface area contributed by atoms with E-state index in [4.69, 9.17) is 9.47 Å². The van der Waals surface area contributed by atoms with Crippen LogP contribution >= 0.6 is 0 Å². The van der Waals surface area contributed by atoms with Crippen molar-refractivity contribution in [3.63, 3.8) is 0 Å². The first-order chi connectivity index (χ1) is 12.7. The van der Waals surface area contributed by atoms with Gasteiger partial charge < -0.3 is 14.4 Å². The van der Waals surface area contributed by atoms with Gasteiger partial charge in [0, 0.05) is 25.5 Å². The molecule has 0 spiro atoms. The summed E-state index contributed by atoms with van der Waals surface area (Å²) in [5.41, 5.74) is 1.74. The topological polar surface area (TPSA) is 51.7 Å². The summed E-state index contributed by atoms with van der Waals surface area (Å²) < 4.78 is 25.1. The van der Waals surface area contributed by atoms with Crippen molar-refractivity contribution in [3.05, 3.63) is 65.7 Å². The molecule has 0 N–H and O–H groups in total. The second kappa shape index (κ2) is 7.51. The number of nitrogens with zero attached hydrogens (tertiary/aromatic N) is 2. The van der Waals surface area contributed by atoms with Crippen LogP contribution in [0, 0.1) is 11.7 Å². The highest BCUT2D eigenvalue weighted by atomic mass is 19.1. The largest absolute Gasteiger partial charge is 0.373 e. The lowest BCUT2D eigenvalue weighted by Gasteiger charge is -2.35. The van der Waals surface area contributed by atoms with E-state index >= 15 is 0 Å². The molecule has 0 bridgehead atoms. The SMILES string of the molecule is O=C([C@H]1CCO[C@@H]1c1ccncc1)N1CCOC(c2cccc(F)c2)C1. The molecule has 1 unspecified atom stereocenters. The maximum absolute atomic E-state index is 13.5. The summed E-state index contributed by atoms with van der Waals surface area (Å²) in [5.74, 6) is -0.422. The van der Waals surface area contributed by atoms with Crippen LogP contribution < -0.4 is 0 Å². The number of ether oxygens (including phenoxy) is 2. The molecule has 2 saturated heterocycles. The van der Waals surface area contributed by atoms with Crippen molar-refractivity contribution in [2.45, 2.75) is 18.6 Å². The Morgan fingerprint density at radius 2 is 1.96 bits per heavy atom. The zero-order valence-electron chi connectivity index (χ0n) is 14.4. The Balaban J connectivity index is 1.49. The number of benzene rings is 1. The molecule has 0 aliphatic carbocycles. The van der Waals surface area contributed by atoms with Gasteiger partial charge in [-0.3, -0.25) is 9.78 Å². The van der Waals surface area contributed by atoms with Gasteiger partial charge in [-0.05, 0) is 41.8 Å². The minimum atomic E-state index is -0.301. The van der Waals surface area contributed by atoms with Crippen molar-refractivity contribution < 1.29 is 18.7 Å². The normalized spacial score (nSPS) is 26.0. The molecule has 2 fully saturated rings. The molecule has 3 heterocycles. The molecule has 2 aliphatic rings. The molecule has 26 heavy (non-hydrogen) atoms. The summed E-state index contributed by atoms with van der Waals surface area (Å²) in [7, 11) is 0. The minimum Gasteiger partial charge on any atom is -0.373 e. The molecule has 0 radical (unpaired) electrons. The fourth-order valence-corrected chi connectivity index (χ4v) is 3.72. The van der Waals surface area contributed by atoms with Gasteiger partial charge in [-0.25, -0.2) is 4.39 Å². The second-order valence-corrected chi connectivity index (χ2v) is 6.67. The Kier molecular flexibility index (Phi) is 4.95. The number of hydrogen-bond acceptors (Lipinski definition) is 4. The second-order valence-electron chi connectivity index (χ2n) is 6.67. The van der Waals surface area contributed by atoms with E-state index in [0.29, 0.717) is 32.7 Å². The van der Waals surface area contributed by atoms with Gasteiger partial charge in [-0.15, -0.1) is 0 Å². The Morgan fingerprint density at radius 1 is 1.12 bits per heavy atom. The smallest absolute Gasteiger partial charge is 0.228 e. The summed E-state index contributed by atoms with van der Waals surface area (Å²) in [5, 5.41) is 0. The van der Waals surface area contributed by atoms with Crippen LogP contribution in [0.3, 0.4) is 0 Å². The van der Waals surface area contributed by atoms with Crippen molar-refractivity contribution in [1.29, 1.82) is 0 Å². The van der Waals surface area contributed by atoms with Crippen molar-refractivity contribution in [1.82, 2.24) is 9.88 Å². The Bertz CT molecular complexity index is 771. The number of aromatic nitrogens is 1. The molecule has 0 saturated carbocycles. The lowest BCUT2D eigenvalue weighted by atomic mass is 9.94. The summed E-state index contributed by atoms with van der Waals surface area (Å²) in [6, 6.07) is 10.2. The summed E-state index contributed by atoms with van der Waals surface area (Å²) in [6.07, 6.45) is 3.60. The van der Waals surface area contributed by atoms with Crippen LogP contribution in [-0.4, -0.2) is 42.1 Å². The van der Waals surface area contributed by atoms with Crippen LogP contribution in [0.5, 0.6) is 0 Å². The van der Waals surface area contributed by atoms with Crippen LogP contribution in [0.2, 0.25) is 0 Å². The molecular weight excluding hydrogens is 335 g/mol. The predicted octanol–water partition coefficient (Wildman–Crippen LogP) is 2.90. The van der Waals surface area contributed by atoms with Gasteiger partial charge in [0.05, 0.1) is 25.2 Å². The van der Waals surface area contributed by atoms with Gasteiger partial charge in [0.1, 0.15) is 11.9 Å². The Labute approximate surface area is 151 Å². The number of carbonyl (C=O) groups is 1. The van der Waals surface area contributed by atoms with E-state index in [0.717, 1.165) is 11.1 Å². The van der Waals surface area contributed by atoms with E-state index in [9.17, 15) is 9.18 Å². The van der Waals surface area contributed by atoms with Crippen molar-refractivity contribution >= 4 is 5.91 Å². The average molecular weight is 356 g/mol. The van der Waals surface area contributed by atoms with Gasteiger partial charge >= 0.3 is 0 Å². The summed E-state index contributed by atoms with van der Waals surface area (Å²) in [4.78, 5) is 19.0. The van der Waals surface area contributed by atoms with Crippen molar-refractivity contribution in [3.8, 4) is 0 Å². The maximum Gasteiger partial charge on any atom is 0.228 e. The quantitative estimate of drug-likeness (QED) is 0.849. The standard InChI is InChI=1S/C20H21FN2O3/c21-16-3-1-2-15(12-16)18-13-23(9-11-25-18)20(24)17-6-10-26-19(17)14-4-7-22-8-5-14/h1-5,7-8,12,17-19H,6,9-11,13H2/t17-,18?,19+/m0/s1. The number of pyridine rings is 1. The summed E-state index contributed by atoms with van der Waals surface area (Å²) in [6.45, 7) is 1.99. The fourth-order valence-electron chi connectivity index (χ4n) is 3.72. The minimum absolute atomic E-state index is 0.0778. The zero-order chi connectivity index (χ0) is 17.9. The third-order valence-corrected chi connectivity index (χ3v) is 5.04. The van der Waals surface area contributed by atoms with Gasteiger partial charge in [0.15, 0.2) is 0 Å². The molecule has 3 atom stereocenters. The number of rotatable bonds is 3. The maximum atomic E-state index is 13.5. The fraction of sp³-hybridized carbons (Fsp3) is 0.400. The number of morpholine rings is 1. The first-order valence-corrected chi connectivity index (χ1v) is 8.90. The van der Waals surface area contributed by atoms with Crippen molar-refractivity contribution in [2.75, 3.05) is 26.3 Å². The van der Waals surface area contributed by atoms with Gasteiger partial charge in [0.25, 0.3) is 0 Å². The molecule has 2 aliphatic heterocycles. The highest BCUT2D eigenvalue weighted by Crippen LogP contribution is 2.36. The van der Waals surface area contributed by atoms with E-state index < -0.39 is 0 Å². The lowest BCUT2D eigenvalue weighted by molar-refractivity contribution is -0.145. The molecule has 6 heteroatoms. The molecule has 1 aromatic heterocycles. The van der Waals surface area contributed by atoms with Gasteiger partial charge in [-0.1, -0.05) is 12.1 Å². The summed E-state index contributed by atoms with van der Waals surface area (Å²) >= 11 is 0. The average Bonchev–Trinajstić information content (AvgIpc) is 3.18. The molecule has 2 aromatic rings. The van der Waals surface area contributed by atoms with Gasteiger partial charge in [-0.2, -0.15) is 0 Å². The first-order valence-electron chi connectivity index (χ1n) is 8.90. The number of hydrogen-bond donors (Lipinski definition) is 0. The number of halogens is 1. The highest BCUT2D eigenvalue weighted by molar-refractivity contribution is 5.80.